The van der Waals surface area contributed by atoms with Gasteiger partial charge < -0.3 is 11.1 Å². The topological polar surface area (TPSA) is 124 Å². The number of primary sulfonamides is 1. The summed E-state index contributed by atoms with van der Waals surface area (Å²) in [5, 5.41) is 8.46. The lowest BCUT2D eigenvalue weighted by atomic mass is 9.78. The van der Waals surface area contributed by atoms with Crippen LogP contribution in [0.5, 0.6) is 0 Å². The van der Waals surface area contributed by atoms with E-state index in [1.807, 2.05) is 6.07 Å². The highest BCUT2D eigenvalue weighted by Gasteiger charge is 2.32. The van der Waals surface area contributed by atoms with Crippen molar-refractivity contribution in [2.24, 2.45) is 10.9 Å². The average Bonchev–Trinajstić information content (AvgIpc) is 3.41. The van der Waals surface area contributed by atoms with E-state index in [2.05, 4.69) is 10.3 Å². The second-order valence-corrected chi connectivity index (χ2v) is 8.84. The zero-order valence-electron chi connectivity index (χ0n) is 14.4. The van der Waals surface area contributed by atoms with Crippen LogP contribution < -0.4 is 16.2 Å². The molecule has 7 nitrogen and oxygen atoms in total. The number of rotatable bonds is 6. The fraction of sp³-hybridized carbons (Fsp3) is 0.444. The molecule has 8 heteroatoms. The zero-order valence-corrected chi connectivity index (χ0v) is 15.2. The van der Waals surface area contributed by atoms with E-state index in [-0.39, 0.29) is 10.9 Å². The molecule has 26 heavy (non-hydrogen) atoms. The molecule has 1 aromatic carbocycles. The number of anilines is 1. The van der Waals surface area contributed by atoms with E-state index in [1.165, 1.54) is 12.1 Å². The average molecular weight is 373 g/mol. The van der Waals surface area contributed by atoms with Crippen LogP contribution in [0, 0.1) is 0 Å². The van der Waals surface area contributed by atoms with Crippen LogP contribution in [0.15, 0.2) is 35.2 Å². The Morgan fingerprint density at radius 2 is 1.77 bits per heavy atom. The number of nitrogens with zero attached hydrogens (tertiary/aromatic N) is 2. The molecule has 0 radical (unpaired) electrons. The summed E-state index contributed by atoms with van der Waals surface area (Å²) in [6.45, 7) is 0.551. The van der Waals surface area contributed by atoms with Crippen molar-refractivity contribution in [3.8, 4) is 0 Å². The van der Waals surface area contributed by atoms with Crippen molar-refractivity contribution in [1.82, 2.24) is 9.97 Å². The molecular weight excluding hydrogens is 350 g/mol. The van der Waals surface area contributed by atoms with Gasteiger partial charge in [0.1, 0.15) is 11.6 Å². The largest absolute Gasteiger partial charge is 0.366 e. The quantitative estimate of drug-likeness (QED) is 0.709. The molecule has 2 aliphatic rings. The monoisotopic (exact) mass is 373 g/mol. The minimum Gasteiger partial charge on any atom is -0.366 e. The van der Waals surface area contributed by atoms with Crippen LogP contribution in [0.2, 0.25) is 0 Å². The van der Waals surface area contributed by atoms with Crippen LogP contribution in [-0.2, 0) is 16.6 Å². The van der Waals surface area contributed by atoms with Crippen molar-refractivity contribution in [3.05, 3.63) is 47.4 Å². The third-order valence-electron chi connectivity index (χ3n) is 5.02. The molecule has 138 valence electrons. The predicted octanol–water partition coefficient (Wildman–Crippen LogP) is 1.82. The Morgan fingerprint density at radius 3 is 2.35 bits per heavy atom. The molecule has 2 fully saturated rings. The van der Waals surface area contributed by atoms with E-state index in [0.717, 1.165) is 48.6 Å². The van der Waals surface area contributed by atoms with Crippen molar-refractivity contribution in [2.75, 3.05) is 5.32 Å². The van der Waals surface area contributed by atoms with Crippen LogP contribution in [-0.4, -0.2) is 24.4 Å². The molecule has 2 saturated carbocycles. The summed E-state index contributed by atoms with van der Waals surface area (Å²) in [7, 11) is -3.66. The van der Waals surface area contributed by atoms with Gasteiger partial charge in [0, 0.05) is 36.2 Å². The van der Waals surface area contributed by atoms with E-state index in [0.29, 0.717) is 18.4 Å². The Morgan fingerprint density at radius 1 is 1.08 bits per heavy atom. The van der Waals surface area contributed by atoms with Crippen LogP contribution in [0.4, 0.5) is 5.82 Å². The number of nitrogens with one attached hydrogen (secondary N) is 1. The van der Waals surface area contributed by atoms with E-state index >= 15 is 0 Å². The Balaban J connectivity index is 1.48. The van der Waals surface area contributed by atoms with Crippen molar-refractivity contribution in [2.45, 2.75) is 55.0 Å². The number of sulfonamides is 1. The molecule has 0 unspecified atom stereocenters. The molecule has 1 heterocycles. The van der Waals surface area contributed by atoms with Gasteiger partial charge in [0.2, 0.25) is 10.0 Å². The molecule has 0 saturated heterocycles. The van der Waals surface area contributed by atoms with Gasteiger partial charge in [-0.2, -0.15) is 0 Å². The van der Waals surface area contributed by atoms with E-state index in [1.54, 1.807) is 12.1 Å². The van der Waals surface area contributed by atoms with Gasteiger partial charge in [-0.3, -0.25) is 0 Å². The Kier molecular flexibility index (Phi) is 4.42. The molecule has 0 atom stereocenters. The van der Waals surface area contributed by atoms with Crippen molar-refractivity contribution in [3.63, 3.8) is 0 Å². The molecule has 4 rings (SSSR count). The highest BCUT2D eigenvalue weighted by Crippen LogP contribution is 2.41. The minimum absolute atomic E-state index is 0.114. The maximum atomic E-state index is 11.3. The SMILES string of the molecule is NC1CC(c2cc(NCc3ccc(S(N)(=O)=O)cc3)nc(C3CC3)n2)C1. The summed E-state index contributed by atoms with van der Waals surface area (Å²) in [5.41, 5.74) is 7.96. The molecular formula is C18H23N5O2S. The number of nitrogens with two attached hydrogens (primary N) is 2. The molecule has 2 aliphatic carbocycles. The normalized spacial score (nSPS) is 22.7. The highest BCUT2D eigenvalue weighted by atomic mass is 32.2. The van der Waals surface area contributed by atoms with E-state index in [9.17, 15) is 8.42 Å². The standard InChI is InChI=1S/C18H23N5O2S/c19-14-7-13(8-14)16-9-17(23-18(22-16)12-3-4-12)21-10-11-1-5-15(6-2-11)26(20,24)25/h1-2,5-6,9,12-14H,3-4,7-8,10,19H2,(H2,20,24,25)(H,21,22,23). The van der Waals surface area contributed by atoms with E-state index in [4.69, 9.17) is 15.9 Å². The summed E-state index contributed by atoms with van der Waals surface area (Å²) >= 11 is 0. The van der Waals surface area contributed by atoms with Gasteiger partial charge in [0.05, 0.1) is 4.90 Å². The maximum Gasteiger partial charge on any atom is 0.238 e. The second-order valence-electron chi connectivity index (χ2n) is 7.28. The first kappa shape index (κ1) is 17.4. The summed E-state index contributed by atoms with van der Waals surface area (Å²) in [4.78, 5) is 9.53. The summed E-state index contributed by atoms with van der Waals surface area (Å²) in [6.07, 6.45) is 4.27. The smallest absolute Gasteiger partial charge is 0.238 e. The molecule has 1 aromatic heterocycles. The van der Waals surface area contributed by atoms with Crippen LogP contribution in [0.3, 0.4) is 0 Å². The lowest BCUT2D eigenvalue weighted by Crippen LogP contribution is -2.35. The van der Waals surface area contributed by atoms with E-state index < -0.39 is 10.0 Å². The fourth-order valence-electron chi connectivity index (χ4n) is 3.20. The Hall–Kier alpha value is -2.03. The number of benzene rings is 1. The van der Waals surface area contributed by atoms with Crippen molar-refractivity contribution >= 4 is 15.8 Å². The lowest BCUT2D eigenvalue weighted by Gasteiger charge is -2.32. The minimum atomic E-state index is -3.66. The number of aromatic nitrogens is 2. The first-order valence-electron chi connectivity index (χ1n) is 8.88. The van der Waals surface area contributed by atoms with Gasteiger partial charge in [-0.05, 0) is 43.4 Å². The lowest BCUT2D eigenvalue weighted by molar-refractivity contribution is 0.344. The first-order chi connectivity index (χ1) is 12.4. The van der Waals surface area contributed by atoms with Gasteiger partial charge in [0.15, 0.2) is 0 Å². The van der Waals surface area contributed by atoms with Gasteiger partial charge in [0.25, 0.3) is 0 Å². The van der Waals surface area contributed by atoms with Crippen molar-refractivity contribution < 1.29 is 8.42 Å². The van der Waals surface area contributed by atoms with Gasteiger partial charge in [-0.25, -0.2) is 23.5 Å². The number of hydrogen-bond acceptors (Lipinski definition) is 6. The first-order valence-corrected chi connectivity index (χ1v) is 10.4. The predicted molar refractivity (Wildman–Crippen MR) is 99.1 cm³/mol. The Bertz CT molecular complexity index is 904. The molecule has 2 aromatic rings. The molecule has 0 spiro atoms. The molecule has 0 amide bonds. The molecule has 0 bridgehead atoms. The van der Waals surface area contributed by atoms with Crippen LogP contribution in [0.1, 0.15) is 54.6 Å². The van der Waals surface area contributed by atoms with Gasteiger partial charge >= 0.3 is 0 Å². The van der Waals surface area contributed by atoms with Crippen LogP contribution in [0.25, 0.3) is 0 Å². The molecule has 5 N–H and O–H groups in total. The summed E-state index contributed by atoms with van der Waals surface area (Å²) in [6, 6.07) is 8.84. The highest BCUT2D eigenvalue weighted by molar-refractivity contribution is 7.89. The summed E-state index contributed by atoms with van der Waals surface area (Å²) < 4.78 is 22.7. The maximum absolute atomic E-state index is 11.3. The van der Waals surface area contributed by atoms with Crippen molar-refractivity contribution in [1.29, 1.82) is 0 Å². The Labute approximate surface area is 153 Å². The van der Waals surface area contributed by atoms with Crippen LogP contribution >= 0.6 is 0 Å². The molecule has 0 aliphatic heterocycles. The van der Waals surface area contributed by atoms with Gasteiger partial charge in [-0.15, -0.1) is 0 Å². The third-order valence-corrected chi connectivity index (χ3v) is 5.95. The van der Waals surface area contributed by atoms with Gasteiger partial charge in [-0.1, -0.05) is 12.1 Å². The number of hydrogen-bond donors (Lipinski definition) is 3. The fourth-order valence-corrected chi connectivity index (χ4v) is 3.72. The summed E-state index contributed by atoms with van der Waals surface area (Å²) in [5.74, 6) is 2.65. The second kappa shape index (κ2) is 6.61. The third kappa shape index (κ3) is 3.87. The zero-order chi connectivity index (χ0) is 18.3.